The first-order chi connectivity index (χ1) is 5.85. The normalized spacial score (nSPS) is 13.6. The van der Waals surface area contributed by atoms with Gasteiger partial charge in [-0.05, 0) is 27.2 Å². The van der Waals surface area contributed by atoms with E-state index in [9.17, 15) is 4.79 Å². The van der Waals surface area contributed by atoms with E-state index in [1.54, 1.807) is 0 Å². The number of rotatable bonds is 3. The largest absolute Gasteiger partial charge is 0.444 e. The molecule has 0 saturated carbocycles. The van der Waals surface area contributed by atoms with Crippen molar-refractivity contribution in [2.75, 3.05) is 6.54 Å². The number of nitrogens with one attached hydrogen (secondary N) is 1. The highest BCUT2D eigenvalue weighted by Crippen LogP contribution is 2.06. The first kappa shape index (κ1) is 12.2. The van der Waals surface area contributed by atoms with Gasteiger partial charge in [0.05, 0.1) is 0 Å². The Morgan fingerprint density at radius 3 is 2.46 bits per heavy atom. The Balaban J connectivity index is 3.64. The molecule has 0 saturated heterocycles. The molecule has 4 heteroatoms. The van der Waals surface area contributed by atoms with Crippen molar-refractivity contribution < 1.29 is 9.53 Å². The highest BCUT2D eigenvalue weighted by atomic mass is 16.6. The molecule has 3 N–H and O–H groups in total. The number of ether oxygens (including phenoxy) is 1. The third-order valence-electron chi connectivity index (χ3n) is 1.43. The van der Waals surface area contributed by atoms with Crippen LogP contribution in [-0.2, 0) is 4.74 Å². The smallest absolute Gasteiger partial charge is 0.407 e. The van der Waals surface area contributed by atoms with Crippen LogP contribution in [0, 0.1) is 0 Å². The highest BCUT2D eigenvalue weighted by Gasteiger charge is 2.15. The van der Waals surface area contributed by atoms with E-state index in [4.69, 9.17) is 10.5 Å². The summed E-state index contributed by atoms with van der Waals surface area (Å²) in [6.07, 6.45) is 0.437. The standard InChI is InChI=1S/C9H20N2O2/c1-5-7(10)6-11-8(12)13-9(2,3)4/h7H,5-6,10H2,1-4H3,(H,11,12)/t7-/m0/s1. The fraction of sp³-hybridized carbons (Fsp3) is 0.889. The molecule has 1 amide bonds. The van der Waals surface area contributed by atoms with Gasteiger partial charge in [0.15, 0.2) is 0 Å². The van der Waals surface area contributed by atoms with Gasteiger partial charge in [0, 0.05) is 12.6 Å². The van der Waals surface area contributed by atoms with Gasteiger partial charge in [0.1, 0.15) is 5.60 Å². The first-order valence-corrected chi connectivity index (χ1v) is 4.57. The third kappa shape index (κ3) is 7.59. The number of alkyl carbamates (subject to hydrolysis) is 1. The second-order valence-corrected chi connectivity index (χ2v) is 4.05. The molecule has 0 aromatic carbocycles. The SMILES string of the molecule is CC[C@H](N)CNC(=O)OC(C)(C)C. The molecule has 13 heavy (non-hydrogen) atoms. The number of nitrogens with two attached hydrogens (primary N) is 1. The molecule has 0 fully saturated rings. The molecule has 0 bridgehead atoms. The number of amides is 1. The van der Waals surface area contributed by atoms with Crippen LogP contribution < -0.4 is 11.1 Å². The summed E-state index contributed by atoms with van der Waals surface area (Å²) in [4.78, 5) is 11.1. The van der Waals surface area contributed by atoms with Crippen molar-refractivity contribution in [3.8, 4) is 0 Å². The molecule has 0 heterocycles. The van der Waals surface area contributed by atoms with Crippen molar-refractivity contribution in [3.05, 3.63) is 0 Å². The van der Waals surface area contributed by atoms with Crippen molar-refractivity contribution in [1.29, 1.82) is 0 Å². The summed E-state index contributed by atoms with van der Waals surface area (Å²) in [5.41, 5.74) is 5.17. The molecule has 0 aromatic rings. The number of carbonyl (C=O) groups excluding carboxylic acids is 1. The zero-order valence-electron chi connectivity index (χ0n) is 8.89. The average molecular weight is 188 g/mol. The number of hydrogen-bond donors (Lipinski definition) is 2. The summed E-state index contributed by atoms with van der Waals surface area (Å²) >= 11 is 0. The second kappa shape index (κ2) is 5.07. The third-order valence-corrected chi connectivity index (χ3v) is 1.43. The monoisotopic (exact) mass is 188 g/mol. The topological polar surface area (TPSA) is 64.3 Å². The maximum atomic E-state index is 11.1. The fourth-order valence-electron chi connectivity index (χ4n) is 0.673. The maximum absolute atomic E-state index is 11.1. The van der Waals surface area contributed by atoms with Crippen LogP contribution in [0.5, 0.6) is 0 Å². The minimum Gasteiger partial charge on any atom is -0.444 e. The Labute approximate surface area is 79.8 Å². The van der Waals surface area contributed by atoms with E-state index in [1.165, 1.54) is 0 Å². The van der Waals surface area contributed by atoms with Crippen LogP contribution in [0.25, 0.3) is 0 Å². The Hall–Kier alpha value is -0.770. The molecule has 4 nitrogen and oxygen atoms in total. The second-order valence-electron chi connectivity index (χ2n) is 4.05. The van der Waals surface area contributed by atoms with E-state index < -0.39 is 11.7 Å². The number of carbonyl (C=O) groups is 1. The van der Waals surface area contributed by atoms with Crippen molar-refractivity contribution in [3.63, 3.8) is 0 Å². The van der Waals surface area contributed by atoms with Gasteiger partial charge >= 0.3 is 6.09 Å². The Morgan fingerprint density at radius 2 is 2.08 bits per heavy atom. The summed E-state index contributed by atoms with van der Waals surface area (Å²) in [5, 5.41) is 2.60. The Bertz CT molecular complexity index is 163. The summed E-state index contributed by atoms with van der Waals surface area (Å²) in [7, 11) is 0. The highest BCUT2D eigenvalue weighted by molar-refractivity contribution is 5.67. The molecule has 0 unspecified atom stereocenters. The fourth-order valence-corrected chi connectivity index (χ4v) is 0.673. The van der Waals surface area contributed by atoms with Gasteiger partial charge in [-0.1, -0.05) is 6.92 Å². The summed E-state index contributed by atoms with van der Waals surface area (Å²) < 4.78 is 5.03. The first-order valence-electron chi connectivity index (χ1n) is 4.57. The molecule has 0 aliphatic heterocycles. The summed E-state index contributed by atoms with van der Waals surface area (Å²) in [6.45, 7) is 7.91. The maximum Gasteiger partial charge on any atom is 0.407 e. The molecule has 1 atom stereocenters. The van der Waals surface area contributed by atoms with Gasteiger partial charge in [-0.2, -0.15) is 0 Å². The molecule has 0 rings (SSSR count). The van der Waals surface area contributed by atoms with Gasteiger partial charge in [-0.3, -0.25) is 0 Å². The van der Waals surface area contributed by atoms with E-state index in [2.05, 4.69) is 5.32 Å². The quantitative estimate of drug-likeness (QED) is 0.700. The van der Waals surface area contributed by atoms with Gasteiger partial charge in [0.2, 0.25) is 0 Å². The van der Waals surface area contributed by atoms with Crippen molar-refractivity contribution in [2.45, 2.75) is 45.8 Å². The molecule has 0 aromatic heterocycles. The van der Waals surface area contributed by atoms with Gasteiger partial charge in [-0.25, -0.2) is 4.79 Å². The van der Waals surface area contributed by atoms with Crippen LogP contribution in [0.2, 0.25) is 0 Å². The van der Waals surface area contributed by atoms with Crippen molar-refractivity contribution >= 4 is 6.09 Å². The summed E-state index contributed by atoms with van der Waals surface area (Å²) in [6, 6.07) is 0.00696. The molecule has 0 aliphatic carbocycles. The minimum atomic E-state index is -0.444. The average Bonchev–Trinajstić information content (AvgIpc) is 1.97. The number of hydrogen-bond acceptors (Lipinski definition) is 3. The van der Waals surface area contributed by atoms with Crippen LogP contribution in [0.15, 0.2) is 0 Å². The Kier molecular flexibility index (Phi) is 4.77. The zero-order chi connectivity index (χ0) is 10.5. The lowest BCUT2D eigenvalue weighted by molar-refractivity contribution is 0.0524. The van der Waals surface area contributed by atoms with Gasteiger partial charge in [0.25, 0.3) is 0 Å². The van der Waals surface area contributed by atoms with Crippen LogP contribution in [-0.4, -0.2) is 24.3 Å². The van der Waals surface area contributed by atoms with Crippen LogP contribution in [0.1, 0.15) is 34.1 Å². The van der Waals surface area contributed by atoms with E-state index >= 15 is 0 Å². The molecular formula is C9H20N2O2. The van der Waals surface area contributed by atoms with Crippen LogP contribution in [0.3, 0.4) is 0 Å². The molecule has 0 radical (unpaired) electrons. The van der Waals surface area contributed by atoms with Crippen molar-refractivity contribution in [2.24, 2.45) is 5.73 Å². The zero-order valence-corrected chi connectivity index (χ0v) is 8.89. The lowest BCUT2D eigenvalue weighted by Gasteiger charge is -2.20. The van der Waals surface area contributed by atoms with Crippen LogP contribution in [0.4, 0.5) is 4.79 Å². The lowest BCUT2D eigenvalue weighted by atomic mass is 10.2. The van der Waals surface area contributed by atoms with E-state index in [0.29, 0.717) is 6.54 Å². The molecule has 78 valence electrons. The lowest BCUT2D eigenvalue weighted by Crippen LogP contribution is -2.39. The molecular weight excluding hydrogens is 168 g/mol. The van der Waals surface area contributed by atoms with Gasteiger partial charge < -0.3 is 15.8 Å². The molecule has 0 aliphatic rings. The minimum absolute atomic E-state index is 0.00696. The van der Waals surface area contributed by atoms with Crippen LogP contribution >= 0.6 is 0 Å². The predicted octanol–water partition coefficient (Wildman–Crippen LogP) is 1.25. The molecule has 0 spiro atoms. The van der Waals surface area contributed by atoms with Gasteiger partial charge in [-0.15, -0.1) is 0 Å². The van der Waals surface area contributed by atoms with E-state index in [-0.39, 0.29) is 6.04 Å². The van der Waals surface area contributed by atoms with E-state index in [1.807, 2.05) is 27.7 Å². The predicted molar refractivity (Wildman–Crippen MR) is 52.5 cm³/mol. The Morgan fingerprint density at radius 1 is 1.54 bits per heavy atom. The summed E-state index contributed by atoms with van der Waals surface area (Å²) in [5.74, 6) is 0. The van der Waals surface area contributed by atoms with Crippen molar-refractivity contribution in [1.82, 2.24) is 5.32 Å². The van der Waals surface area contributed by atoms with E-state index in [0.717, 1.165) is 6.42 Å².